The smallest absolute Gasteiger partial charge is 0.309 e. The summed E-state index contributed by atoms with van der Waals surface area (Å²) in [6.45, 7) is 0.122. The largest absolute Gasteiger partial charge is 0.491 e. The molecule has 2 aromatic rings. The molecule has 0 radical (unpaired) electrons. The van der Waals surface area contributed by atoms with E-state index < -0.39 is 6.10 Å². The number of rotatable bonds is 6. The fraction of sp³-hybridized carbons (Fsp3) is 0.235. The van der Waals surface area contributed by atoms with Gasteiger partial charge in [-0.05, 0) is 35.4 Å². The number of methoxy groups -OCH3 is 1. The summed E-state index contributed by atoms with van der Waals surface area (Å²) in [5.41, 5.74) is 1.55. The van der Waals surface area contributed by atoms with E-state index in [1.165, 1.54) is 7.11 Å². The Morgan fingerprint density at radius 1 is 1.23 bits per heavy atom. The van der Waals surface area contributed by atoms with Gasteiger partial charge in [0, 0.05) is 5.02 Å². The number of carbonyl (C=O) groups excluding carboxylic acids is 1. The van der Waals surface area contributed by atoms with Crippen LogP contribution < -0.4 is 4.74 Å². The van der Waals surface area contributed by atoms with Gasteiger partial charge in [0.05, 0.1) is 13.5 Å². The number of carbonyl (C=O) groups is 1. The van der Waals surface area contributed by atoms with Crippen molar-refractivity contribution in [2.45, 2.75) is 12.5 Å². The molecule has 1 atom stereocenters. The van der Waals surface area contributed by atoms with E-state index >= 15 is 0 Å². The van der Waals surface area contributed by atoms with Gasteiger partial charge in [-0.3, -0.25) is 4.79 Å². The lowest BCUT2D eigenvalue weighted by molar-refractivity contribution is -0.139. The highest BCUT2D eigenvalue weighted by molar-refractivity contribution is 6.30. The van der Waals surface area contributed by atoms with Gasteiger partial charge < -0.3 is 14.6 Å². The van der Waals surface area contributed by atoms with Crippen molar-refractivity contribution in [2.75, 3.05) is 13.7 Å². The van der Waals surface area contributed by atoms with Crippen LogP contribution >= 0.6 is 11.6 Å². The van der Waals surface area contributed by atoms with Gasteiger partial charge in [-0.25, -0.2) is 0 Å². The average Bonchev–Trinajstić information content (AvgIpc) is 2.53. The van der Waals surface area contributed by atoms with E-state index in [9.17, 15) is 9.90 Å². The van der Waals surface area contributed by atoms with Crippen molar-refractivity contribution in [2.24, 2.45) is 0 Å². The highest BCUT2D eigenvalue weighted by Gasteiger charge is 2.09. The minimum atomic E-state index is -0.756. The minimum absolute atomic E-state index is 0.122. The first-order valence-electron chi connectivity index (χ1n) is 6.80. The molecule has 0 aromatic heterocycles. The summed E-state index contributed by atoms with van der Waals surface area (Å²) < 4.78 is 10.1. The van der Waals surface area contributed by atoms with Gasteiger partial charge in [0.1, 0.15) is 18.5 Å². The SMILES string of the molecule is COC(=O)Cc1ccc(OCC(O)c2cccc(Cl)c2)cc1. The third kappa shape index (κ3) is 4.76. The van der Waals surface area contributed by atoms with E-state index in [2.05, 4.69) is 4.74 Å². The summed E-state index contributed by atoms with van der Waals surface area (Å²) >= 11 is 5.89. The molecule has 0 amide bonds. The van der Waals surface area contributed by atoms with E-state index in [-0.39, 0.29) is 19.0 Å². The van der Waals surface area contributed by atoms with Gasteiger partial charge in [-0.1, -0.05) is 35.9 Å². The number of aliphatic hydroxyl groups excluding tert-OH is 1. The van der Waals surface area contributed by atoms with E-state index in [0.717, 1.165) is 5.56 Å². The van der Waals surface area contributed by atoms with Crippen LogP contribution in [-0.2, 0) is 16.0 Å². The maximum Gasteiger partial charge on any atom is 0.309 e. The molecule has 1 unspecified atom stereocenters. The second-order valence-electron chi connectivity index (χ2n) is 4.78. The van der Waals surface area contributed by atoms with Gasteiger partial charge in [-0.15, -0.1) is 0 Å². The average molecular weight is 321 g/mol. The first kappa shape index (κ1) is 16.3. The Morgan fingerprint density at radius 2 is 1.95 bits per heavy atom. The Balaban J connectivity index is 1.90. The van der Waals surface area contributed by atoms with Crippen molar-refractivity contribution in [3.63, 3.8) is 0 Å². The molecule has 116 valence electrons. The Bertz CT molecular complexity index is 625. The molecule has 0 saturated heterocycles. The van der Waals surface area contributed by atoms with E-state index in [1.54, 1.807) is 48.5 Å². The van der Waals surface area contributed by atoms with Gasteiger partial charge in [-0.2, -0.15) is 0 Å². The first-order valence-corrected chi connectivity index (χ1v) is 7.18. The van der Waals surface area contributed by atoms with Crippen molar-refractivity contribution in [3.05, 3.63) is 64.7 Å². The zero-order valence-corrected chi connectivity index (χ0v) is 12.9. The number of benzene rings is 2. The second kappa shape index (κ2) is 7.82. The van der Waals surface area contributed by atoms with Crippen LogP contribution in [0.25, 0.3) is 0 Å². The zero-order chi connectivity index (χ0) is 15.9. The predicted octanol–water partition coefficient (Wildman–Crippen LogP) is 3.17. The molecule has 0 saturated carbocycles. The van der Waals surface area contributed by atoms with Crippen molar-refractivity contribution in [3.8, 4) is 5.75 Å². The molecule has 2 rings (SSSR count). The lowest BCUT2D eigenvalue weighted by Gasteiger charge is -2.13. The monoisotopic (exact) mass is 320 g/mol. The van der Waals surface area contributed by atoms with Gasteiger partial charge in [0.25, 0.3) is 0 Å². The number of esters is 1. The summed E-state index contributed by atoms with van der Waals surface area (Å²) in [6, 6.07) is 14.1. The van der Waals surface area contributed by atoms with Crippen LogP contribution in [0, 0.1) is 0 Å². The van der Waals surface area contributed by atoms with E-state index in [1.807, 2.05) is 0 Å². The Kier molecular flexibility index (Phi) is 5.81. The van der Waals surface area contributed by atoms with Gasteiger partial charge in [0.2, 0.25) is 0 Å². The highest BCUT2D eigenvalue weighted by atomic mass is 35.5. The molecular formula is C17H17ClO4. The summed E-state index contributed by atoms with van der Waals surface area (Å²) in [5, 5.41) is 10.6. The van der Waals surface area contributed by atoms with Crippen molar-refractivity contribution in [1.82, 2.24) is 0 Å². The number of halogens is 1. The van der Waals surface area contributed by atoms with Crippen LogP contribution in [0.15, 0.2) is 48.5 Å². The van der Waals surface area contributed by atoms with E-state index in [0.29, 0.717) is 16.3 Å². The highest BCUT2D eigenvalue weighted by Crippen LogP contribution is 2.20. The zero-order valence-electron chi connectivity index (χ0n) is 12.2. The molecule has 22 heavy (non-hydrogen) atoms. The van der Waals surface area contributed by atoms with Crippen LogP contribution in [0.4, 0.5) is 0 Å². The van der Waals surface area contributed by atoms with Crippen LogP contribution in [0.5, 0.6) is 5.75 Å². The Morgan fingerprint density at radius 3 is 2.59 bits per heavy atom. The number of aliphatic hydroxyl groups is 1. The molecule has 4 nitrogen and oxygen atoms in total. The maximum absolute atomic E-state index is 11.2. The van der Waals surface area contributed by atoms with Crippen molar-refractivity contribution < 1.29 is 19.4 Å². The summed E-state index contributed by atoms with van der Waals surface area (Å²) in [6.07, 6.45) is -0.532. The van der Waals surface area contributed by atoms with Crippen LogP contribution in [0.3, 0.4) is 0 Å². The fourth-order valence-electron chi connectivity index (χ4n) is 1.93. The van der Waals surface area contributed by atoms with Crippen LogP contribution in [0.2, 0.25) is 5.02 Å². The molecule has 5 heteroatoms. The molecule has 1 N–H and O–H groups in total. The van der Waals surface area contributed by atoms with Gasteiger partial charge in [0.15, 0.2) is 0 Å². The lowest BCUT2D eigenvalue weighted by Crippen LogP contribution is -2.09. The first-order chi connectivity index (χ1) is 10.6. The molecule has 0 fully saturated rings. The quantitative estimate of drug-likeness (QED) is 0.831. The molecule has 0 aliphatic carbocycles. The standard InChI is InChI=1S/C17H17ClO4/c1-21-17(20)9-12-5-7-15(8-6-12)22-11-16(19)13-3-2-4-14(18)10-13/h2-8,10,16,19H,9,11H2,1H3. The Hall–Kier alpha value is -2.04. The topological polar surface area (TPSA) is 55.8 Å². The number of hydrogen-bond donors (Lipinski definition) is 1. The summed E-state index contributed by atoms with van der Waals surface area (Å²) in [5.74, 6) is 0.333. The molecule has 0 bridgehead atoms. The molecule has 0 spiro atoms. The van der Waals surface area contributed by atoms with Crippen LogP contribution in [0.1, 0.15) is 17.2 Å². The molecule has 0 aliphatic heterocycles. The van der Waals surface area contributed by atoms with E-state index in [4.69, 9.17) is 16.3 Å². The normalized spacial score (nSPS) is 11.8. The summed E-state index contributed by atoms with van der Waals surface area (Å²) in [7, 11) is 1.36. The molecule has 0 heterocycles. The van der Waals surface area contributed by atoms with Crippen LogP contribution in [-0.4, -0.2) is 24.8 Å². The molecule has 0 aliphatic rings. The number of hydrogen-bond acceptors (Lipinski definition) is 4. The third-order valence-electron chi connectivity index (χ3n) is 3.14. The third-order valence-corrected chi connectivity index (χ3v) is 3.38. The molecule has 2 aromatic carbocycles. The lowest BCUT2D eigenvalue weighted by atomic mass is 10.1. The number of ether oxygens (including phenoxy) is 2. The maximum atomic E-state index is 11.2. The van der Waals surface area contributed by atoms with Gasteiger partial charge >= 0.3 is 5.97 Å². The second-order valence-corrected chi connectivity index (χ2v) is 5.22. The minimum Gasteiger partial charge on any atom is -0.491 e. The molecular weight excluding hydrogens is 304 g/mol. The summed E-state index contributed by atoms with van der Waals surface area (Å²) in [4.78, 5) is 11.2. The Labute approximate surface area is 134 Å². The predicted molar refractivity (Wildman–Crippen MR) is 84.1 cm³/mol. The fourth-order valence-corrected chi connectivity index (χ4v) is 2.13. The van der Waals surface area contributed by atoms with Crippen molar-refractivity contribution in [1.29, 1.82) is 0 Å². The van der Waals surface area contributed by atoms with Crippen molar-refractivity contribution >= 4 is 17.6 Å².